The Labute approximate surface area is 219 Å². The first-order valence-corrected chi connectivity index (χ1v) is 13.5. The third kappa shape index (κ3) is 5.40. The number of halogens is 3. The van der Waals surface area contributed by atoms with Crippen LogP contribution in [-0.4, -0.2) is 50.7 Å². The first-order valence-electron chi connectivity index (χ1n) is 11.8. The molecule has 37 heavy (non-hydrogen) atoms. The fraction of sp³-hybridized carbons (Fsp3) is 0.360. The predicted molar refractivity (Wildman–Crippen MR) is 136 cm³/mol. The van der Waals surface area contributed by atoms with E-state index >= 15 is 0 Å². The van der Waals surface area contributed by atoms with E-state index in [-0.39, 0.29) is 30.6 Å². The highest BCUT2D eigenvalue weighted by Crippen LogP contribution is 2.36. The molecule has 1 aliphatic rings. The summed E-state index contributed by atoms with van der Waals surface area (Å²) in [5, 5.41) is 5.32. The Bertz CT molecular complexity index is 1470. The molecule has 5 rings (SSSR count). The summed E-state index contributed by atoms with van der Waals surface area (Å²) in [6, 6.07) is 4.95. The Hall–Kier alpha value is -3.25. The Balaban J connectivity index is 1.34. The van der Waals surface area contributed by atoms with Crippen molar-refractivity contribution in [1.29, 1.82) is 0 Å². The maximum atomic E-state index is 13.6. The topological polar surface area (TPSA) is 79.6 Å². The van der Waals surface area contributed by atoms with Gasteiger partial charge >= 0.3 is 6.18 Å². The molecule has 1 saturated carbocycles. The van der Waals surface area contributed by atoms with Gasteiger partial charge in [0, 0.05) is 31.2 Å². The maximum Gasteiger partial charge on any atom is 0.416 e. The van der Waals surface area contributed by atoms with Crippen LogP contribution in [0.25, 0.3) is 15.4 Å². The van der Waals surface area contributed by atoms with Crippen molar-refractivity contribution < 1.29 is 22.8 Å². The Morgan fingerprint density at radius 2 is 2.00 bits per heavy atom. The molecule has 1 aliphatic carbocycles. The number of carbonyl (C=O) groups is 2. The van der Waals surface area contributed by atoms with Crippen molar-refractivity contribution in [2.75, 3.05) is 19.6 Å². The number of carbonyl (C=O) groups excluding carboxylic acids is 2. The van der Waals surface area contributed by atoms with Crippen LogP contribution in [0.4, 0.5) is 13.2 Å². The van der Waals surface area contributed by atoms with Crippen LogP contribution in [0.1, 0.15) is 50.1 Å². The van der Waals surface area contributed by atoms with E-state index in [0.717, 1.165) is 29.9 Å². The second kappa shape index (κ2) is 9.90. The van der Waals surface area contributed by atoms with Crippen molar-refractivity contribution >= 4 is 39.4 Å². The molecule has 4 aromatic rings. The lowest BCUT2D eigenvalue weighted by Gasteiger charge is -2.22. The van der Waals surface area contributed by atoms with Crippen molar-refractivity contribution in [3.63, 3.8) is 0 Å². The zero-order chi connectivity index (χ0) is 26.3. The molecular formula is C25H24F3N5O2S2. The first kappa shape index (κ1) is 25.4. The number of hydrogen-bond acceptors (Lipinski definition) is 6. The fourth-order valence-corrected chi connectivity index (χ4v) is 5.86. The zero-order valence-corrected chi connectivity index (χ0v) is 21.8. The summed E-state index contributed by atoms with van der Waals surface area (Å²) in [5.41, 5.74) is 0.749. The average Bonchev–Trinajstić information content (AvgIpc) is 3.26. The SMILES string of the molecule is Cc1nc(C(=O)N(CCNC(=O)c2c(C)nc3sccn23)CC2CC2)c(-c2cccc(C(F)(F)F)c2)s1. The highest BCUT2D eigenvalue weighted by molar-refractivity contribution is 7.15. The van der Waals surface area contributed by atoms with Gasteiger partial charge < -0.3 is 10.2 Å². The smallest absolute Gasteiger partial charge is 0.349 e. The van der Waals surface area contributed by atoms with Crippen molar-refractivity contribution in [2.45, 2.75) is 32.9 Å². The Morgan fingerprint density at radius 3 is 2.73 bits per heavy atom. The van der Waals surface area contributed by atoms with E-state index in [0.29, 0.717) is 39.3 Å². The van der Waals surface area contributed by atoms with E-state index in [4.69, 9.17) is 0 Å². The summed E-state index contributed by atoms with van der Waals surface area (Å²) >= 11 is 2.63. The molecule has 12 heteroatoms. The van der Waals surface area contributed by atoms with Crippen LogP contribution in [0.2, 0.25) is 0 Å². The molecule has 0 saturated heterocycles. The number of nitrogens with zero attached hydrogens (tertiary/aromatic N) is 4. The van der Waals surface area contributed by atoms with Gasteiger partial charge in [-0.3, -0.25) is 14.0 Å². The Morgan fingerprint density at radius 1 is 1.22 bits per heavy atom. The fourth-order valence-electron chi connectivity index (χ4n) is 4.20. The third-order valence-electron chi connectivity index (χ3n) is 6.17. The molecule has 3 aromatic heterocycles. The monoisotopic (exact) mass is 547 g/mol. The van der Waals surface area contributed by atoms with Gasteiger partial charge in [0.2, 0.25) is 0 Å². The average molecular weight is 548 g/mol. The molecule has 0 spiro atoms. The van der Waals surface area contributed by atoms with E-state index in [2.05, 4.69) is 15.3 Å². The second-order valence-corrected chi connectivity index (χ2v) is 11.1. The van der Waals surface area contributed by atoms with E-state index in [1.54, 1.807) is 35.4 Å². The number of nitrogens with one attached hydrogen (secondary N) is 1. The lowest BCUT2D eigenvalue weighted by molar-refractivity contribution is -0.137. The number of hydrogen-bond donors (Lipinski definition) is 1. The number of rotatable bonds is 8. The lowest BCUT2D eigenvalue weighted by atomic mass is 10.1. The van der Waals surface area contributed by atoms with Gasteiger partial charge in [0.05, 0.1) is 21.1 Å². The third-order valence-corrected chi connectivity index (χ3v) is 7.95. The number of thiazole rings is 2. The van der Waals surface area contributed by atoms with Gasteiger partial charge in [-0.25, -0.2) is 9.97 Å². The highest BCUT2D eigenvalue weighted by atomic mass is 32.1. The summed E-state index contributed by atoms with van der Waals surface area (Å²) in [6.45, 7) is 4.48. The van der Waals surface area contributed by atoms with E-state index in [1.807, 2.05) is 5.38 Å². The molecule has 1 fully saturated rings. The van der Waals surface area contributed by atoms with Crippen LogP contribution in [0.3, 0.4) is 0 Å². The maximum absolute atomic E-state index is 13.6. The van der Waals surface area contributed by atoms with Crippen LogP contribution in [0.5, 0.6) is 0 Å². The summed E-state index contributed by atoms with van der Waals surface area (Å²) in [5.74, 6) is -0.256. The number of aryl methyl sites for hydroxylation is 2. The van der Waals surface area contributed by atoms with E-state index in [9.17, 15) is 22.8 Å². The van der Waals surface area contributed by atoms with Crippen molar-refractivity contribution in [1.82, 2.24) is 24.6 Å². The van der Waals surface area contributed by atoms with Crippen LogP contribution < -0.4 is 5.32 Å². The van der Waals surface area contributed by atoms with Crippen molar-refractivity contribution in [2.24, 2.45) is 5.92 Å². The molecule has 1 N–H and O–H groups in total. The van der Waals surface area contributed by atoms with Crippen molar-refractivity contribution in [3.8, 4) is 10.4 Å². The van der Waals surface area contributed by atoms with E-state index in [1.165, 1.54) is 28.7 Å². The van der Waals surface area contributed by atoms with Crippen molar-refractivity contribution in [3.05, 3.63) is 63.5 Å². The normalized spacial score (nSPS) is 13.8. The zero-order valence-electron chi connectivity index (χ0n) is 20.1. The van der Waals surface area contributed by atoms with Gasteiger partial charge in [0.25, 0.3) is 11.8 Å². The summed E-state index contributed by atoms with van der Waals surface area (Å²) in [6.07, 6.45) is -0.675. The number of benzene rings is 1. The molecule has 0 bridgehead atoms. The minimum atomic E-state index is -4.49. The number of imidazole rings is 1. The largest absolute Gasteiger partial charge is 0.416 e. The van der Waals surface area contributed by atoms with Crippen LogP contribution in [-0.2, 0) is 6.18 Å². The quantitative estimate of drug-likeness (QED) is 0.319. The minimum Gasteiger partial charge on any atom is -0.349 e. The molecule has 3 heterocycles. The lowest BCUT2D eigenvalue weighted by Crippen LogP contribution is -2.40. The molecular weight excluding hydrogens is 523 g/mol. The number of alkyl halides is 3. The highest BCUT2D eigenvalue weighted by Gasteiger charge is 2.33. The van der Waals surface area contributed by atoms with E-state index < -0.39 is 11.7 Å². The molecule has 0 aliphatic heterocycles. The van der Waals surface area contributed by atoms with Gasteiger partial charge in [-0.1, -0.05) is 12.1 Å². The van der Waals surface area contributed by atoms with Gasteiger partial charge in [-0.05, 0) is 50.3 Å². The molecule has 0 atom stereocenters. The summed E-state index contributed by atoms with van der Waals surface area (Å²) in [4.78, 5) is 38.1. The molecule has 1 aromatic carbocycles. The van der Waals surface area contributed by atoms with Crippen LogP contribution >= 0.6 is 22.7 Å². The van der Waals surface area contributed by atoms with Gasteiger partial charge in [0.1, 0.15) is 11.4 Å². The van der Waals surface area contributed by atoms with Gasteiger partial charge in [0.15, 0.2) is 4.96 Å². The molecule has 0 unspecified atom stereocenters. The number of fused-ring (bicyclic) bond motifs is 1. The minimum absolute atomic E-state index is 0.139. The summed E-state index contributed by atoms with van der Waals surface area (Å²) in [7, 11) is 0. The van der Waals surface area contributed by atoms with Gasteiger partial charge in [-0.2, -0.15) is 13.2 Å². The molecule has 194 valence electrons. The second-order valence-electron chi connectivity index (χ2n) is 9.04. The molecule has 7 nitrogen and oxygen atoms in total. The number of amides is 2. The van der Waals surface area contributed by atoms with Crippen LogP contribution in [0.15, 0.2) is 35.8 Å². The predicted octanol–water partition coefficient (Wildman–Crippen LogP) is 5.44. The number of aromatic nitrogens is 3. The summed E-state index contributed by atoms with van der Waals surface area (Å²) < 4.78 is 41.6. The van der Waals surface area contributed by atoms with Crippen LogP contribution in [0, 0.1) is 19.8 Å². The van der Waals surface area contributed by atoms with Gasteiger partial charge in [-0.15, -0.1) is 22.7 Å². The standard InChI is InChI=1S/C25H24F3N5O2S2/c1-14-20(33-10-11-36-24(33)30-14)22(34)29-8-9-32(13-16-6-7-16)23(35)19-21(37-15(2)31-19)17-4-3-5-18(12-17)25(26,27)28/h3-5,10-12,16H,6-9,13H2,1-2H3,(H,29,34). The Kier molecular flexibility index (Phi) is 6.80. The first-order chi connectivity index (χ1) is 17.6. The molecule has 0 radical (unpaired) electrons. The molecule has 2 amide bonds.